The lowest BCUT2D eigenvalue weighted by Crippen LogP contribution is -2.53. The van der Waals surface area contributed by atoms with Crippen LogP contribution in [-0.2, 0) is 38.6 Å². The molecule has 4 N–H and O–H groups in total. The zero-order valence-electron chi connectivity index (χ0n) is 20.5. The molecule has 200 valence electrons. The van der Waals surface area contributed by atoms with Crippen LogP contribution in [0.3, 0.4) is 0 Å². The van der Waals surface area contributed by atoms with E-state index in [-0.39, 0.29) is 37.8 Å². The monoisotopic (exact) mass is 528 g/mol. The average Bonchev–Trinajstić information content (AvgIpc) is 3.57. The van der Waals surface area contributed by atoms with Crippen LogP contribution < -0.4 is 11.1 Å². The molecule has 2 aliphatic rings. The predicted molar refractivity (Wildman–Crippen MR) is 130 cm³/mol. The van der Waals surface area contributed by atoms with Crippen molar-refractivity contribution in [3.63, 3.8) is 0 Å². The number of halogens is 2. The van der Waals surface area contributed by atoms with Crippen molar-refractivity contribution in [1.82, 2.24) is 9.80 Å². The Hall–Kier alpha value is -4.35. The van der Waals surface area contributed by atoms with Gasteiger partial charge in [0.2, 0.25) is 11.8 Å². The second-order valence-electron chi connectivity index (χ2n) is 9.83. The molecule has 1 saturated carbocycles. The number of carbonyl (C=O) groups is 5. The van der Waals surface area contributed by atoms with Crippen molar-refractivity contribution >= 4 is 35.8 Å². The van der Waals surface area contributed by atoms with E-state index in [0.29, 0.717) is 23.6 Å². The number of urea groups is 1. The summed E-state index contributed by atoms with van der Waals surface area (Å²) < 4.78 is 27.4. The summed E-state index contributed by atoms with van der Waals surface area (Å²) in [5.74, 6) is -4.55. The van der Waals surface area contributed by atoms with Gasteiger partial charge < -0.3 is 30.8 Å². The number of fused-ring (bicyclic) bond motifs is 1. The van der Waals surface area contributed by atoms with E-state index in [1.54, 1.807) is 18.2 Å². The molecule has 0 spiro atoms. The first-order valence-electron chi connectivity index (χ1n) is 11.8. The van der Waals surface area contributed by atoms with Gasteiger partial charge in [0, 0.05) is 38.2 Å². The number of aliphatic carboxylic acids is 1. The molecular weight excluding hydrogens is 502 g/mol. The highest BCUT2D eigenvalue weighted by molar-refractivity contribution is 6.06. The van der Waals surface area contributed by atoms with Crippen LogP contribution in [0.4, 0.5) is 19.3 Å². The Morgan fingerprint density at radius 3 is 2.24 bits per heavy atom. The zero-order chi connectivity index (χ0) is 27.8. The topological polar surface area (TPSA) is 150 Å². The van der Waals surface area contributed by atoms with Crippen LogP contribution in [0, 0.1) is 17.0 Å². The van der Waals surface area contributed by atoms with Gasteiger partial charge in [-0.15, -0.1) is 0 Å². The minimum Gasteiger partial charge on any atom is -0.480 e. The largest absolute Gasteiger partial charge is 0.480 e. The van der Waals surface area contributed by atoms with Gasteiger partial charge in [0.1, 0.15) is 35.4 Å². The van der Waals surface area contributed by atoms with Crippen LogP contribution in [0.15, 0.2) is 36.4 Å². The number of primary amides is 1. The number of amides is 4. The van der Waals surface area contributed by atoms with Crippen LogP contribution in [0.25, 0.3) is 0 Å². The van der Waals surface area contributed by atoms with Gasteiger partial charge in [0.25, 0.3) is 0 Å². The number of hydrogen-bond donors (Lipinski definition) is 3. The van der Waals surface area contributed by atoms with Gasteiger partial charge in [0.15, 0.2) is 0 Å². The summed E-state index contributed by atoms with van der Waals surface area (Å²) in [6, 6.07) is 6.85. The van der Waals surface area contributed by atoms with Gasteiger partial charge in [-0.25, -0.2) is 13.6 Å². The van der Waals surface area contributed by atoms with E-state index < -0.39 is 52.9 Å². The highest BCUT2D eigenvalue weighted by atomic mass is 19.1. The summed E-state index contributed by atoms with van der Waals surface area (Å²) in [6.07, 6.45) is 1.31. The Morgan fingerprint density at radius 2 is 1.68 bits per heavy atom. The first-order valence-corrected chi connectivity index (χ1v) is 11.8. The van der Waals surface area contributed by atoms with Crippen LogP contribution in [0.2, 0.25) is 0 Å². The number of aldehydes is 1. The molecule has 0 aromatic heterocycles. The number of nitrogens with zero attached hydrogens (tertiary/aromatic N) is 2. The highest BCUT2D eigenvalue weighted by Gasteiger charge is 2.58. The quantitative estimate of drug-likeness (QED) is 0.334. The lowest BCUT2D eigenvalue weighted by Gasteiger charge is -2.32. The van der Waals surface area contributed by atoms with Crippen LogP contribution in [0.1, 0.15) is 29.5 Å². The molecule has 0 aliphatic heterocycles. The number of carboxylic acid groups (broad SMARTS) is 1. The standard InChI is InChI=1S/C26H26F2N4O6/c1-31(24(29)38)25(14-33)10-16-2-3-20(8-17(16)11-25)30-21(34)13-32(22(35)26(4-5-26)23(36)37)12-15-6-18(27)9-19(28)7-15/h2-3,6-9,14H,4-5,10-13H2,1H3,(H2,29,38)(H,30,34)(H,36,37). The Kier molecular flexibility index (Phi) is 6.92. The van der Waals surface area contributed by atoms with Crippen molar-refractivity contribution in [2.45, 2.75) is 37.8 Å². The van der Waals surface area contributed by atoms with Gasteiger partial charge in [-0.1, -0.05) is 6.07 Å². The molecule has 1 fully saturated rings. The maximum absolute atomic E-state index is 13.7. The predicted octanol–water partition coefficient (Wildman–Crippen LogP) is 1.84. The number of nitrogens with one attached hydrogen (secondary N) is 1. The van der Waals surface area contributed by atoms with Crippen molar-refractivity contribution in [3.8, 4) is 0 Å². The maximum Gasteiger partial charge on any atom is 0.319 e. The molecule has 1 atom stereocenters. The molecule has 0 heterocycles. The van der Waals surface area contributed by atoms with E-state index in [2.05, 4.69) is 5.32 Å². The molecule has 1 unspecified atom stereocenters. The van der Waals surface area contributed by atoms with Crippen LogP contribution in [-0.4, -0.2) is 64.1 Å². The SMILES string of the molecule is CN(C(N)=O)C1(C=O)Cc2ccc(NC(=O)CN(Cc3cc(F)cc(F)c3)C(=O)C3(C(=O)O)CC3)cc2C1. The summed E-state index contributed by atoms with van der Waals surface area (Å²) in [6.45, 7) is -0.937. The Morgan fingerprint density at radius 1 is 1.05 bits per heavy atom. The number of hydrogen-bond acceptors (Lipinski definition) is 5. The van der Waals surface area contributed by atoms with Gasteiger partial charge in [0.05, 0.1) is 0 Å². The van der Waals surface area contributed by atoms with Crippen molar-refractivity contribution in [2.24, 2.45) is 11.1 Å². The van der Waals surface area contributed by atoms with E-state index in [1.807, 2.05) is 0 Å². The lowest BCUT2D eigenvalue weighted by molar-refractivity contribution is -0.154. The molecule has 0 radical (unpaired) electrons. The fraction of sp³-hybridized carbons (Fsp3) is 0.346. The summed E-state index contributed by atoms with van der Waals surface area (Å²) >= 11 is 0. The number of rotatable bonds is 9. The lowest BCUT2D eigenvalue weighted by atomic mass is 9.96. The number of carbonyl (C=O) groups excluding carboxylic acids is 4. The second kappa shape index (κ2) is 9.84. The first-order chi connectivity index (χ1) is 17.9. The molecule has 4 amide bonds. The average molecular weight is 529 g/mol. The third-order valence-electron chi connectivity index (χ3n) is 7.19. The molecule has 10 nitrogen and oxygen atoms in total. The summed E-state index contributed by atoms with van der Waals surface area (Å²) in [7, 11) is 1.44. The molecule has 12 heteroatoms. The summed E-state index contributed by atoms with van der Waals surface area (Å²) in [5.41, 5.74) is 4.48. The fourth-order valence-electron chi connectivity index (χ4n) is 4.82. The maximum atomic E-state index is 13.7. The van der Waals surface area contributed by atoms with E-state index in [0.717, 1.165) is 22.6 Å². The molecule has 2 aromatic carbocycles. The van der Waals surface area contributed by atoms with E-state index >= 15 is 0 Å². The molecule has 2 aromatic rings. The Bertz CT molecular complexity index is 1320. The van der Waals surface area contributed by atoms with Crippen molar-refractivity contribution in [1.29, 1.82) is 0 Å². The normalized spacial score (nSPS) is 18.7. The minimum atomic E-state index is -1.66. The summed E-state index contributed by atoms with van der Waals surface area (Å²) in [5, 5.41) is 12.2. The van der Waals surface area contributed by atoms with Crippen molar-refractivity contribution in [2.75, 3.05) is 18.9 Å². The first kappa shape index (κ1) is 26.7. The minimum absolute atomic E-state index is 0.0612. The number of likely N-dealkylation sites (N-methyl/N-ethyl adjacent to an activating group) is 1. The summed E-state index contributed by atoms with van der Waals surface area (Å²) in [4.78, 5) is 63.4. The number of anilines is 1. The zero-order valence-corrected chi connectivity index (χ0v) is 20.5. The molecule has 4 rings (SSSR count). The molecular formula is C26H26F2N4O6. The fourth-order valence-corrected chi connectivity index (χ4v) is 4.82. The van der Waals surface area contributed by atoms with Crippen molar-refractivity contribution in [3.05, 3.63) is 64.7 Å². The number of nitrogens with two attached hydrogens (primary N) is 1. The number of carboxylic acids is 1. The van der Waals surface area contributed by atoms with Gasteiger partial charge >= 0.3 is 12.0 Å². The smallest absolute Gasteiger partial charge is 0.319 e. The van der Waals surface area contributed by atoms with Gasteiger partial charge in [-0.05, 0) is 53.8 Å². The van der Waals surface area contributed by atoms with E-state index in [1.165, 1.54) is 11.9 Å². The van der Waals surface area contributed by atoms with E-state index in [9.17, 15) is 37.9 Å². The number of benzene rings is 2. The Balaban J connectivity index is 1.52. The third-order valence-corrected chi connectivity index (χ3v) is 7.19. The van der Waals surface area contributed by atoms with Gasteiger partial charge in [-0.2, -0.15) is 0 Å². The Labute approximate surface area is 216 Å². The van der Waals surface area contributed by atoms with Crippen molar-refractivity contribution < 1.29 is 37.9 Å². The second-order valence-corrected chi connectivity index (χ2v) is 9.83. The van der Waals surface area contributed by atoms with Crippen LogP contribution in [0.5, 0.6) is 0 Å². The molecule has 2 aliphatic carbocycles. The third kappa shape index (κ3) is 5.06. The highest BCUT2D eigenvalue weighted by Crippen LogP contribution is 2.47. The molecule has 38 heavy (non-hydrogen) atoms. The molecule has 0 saturated heterocycles. The van der Waals surface area contributed by atoms with Gasteiger partial charge in [-0.3, -0.25) is 14.4 Å². The van der Waals surface area contributed by atoms with Crippen LogP contribution >= 0.6 is 0 Å². The van der Waals surface area contributed by atoms with E-state index in [4.69, 9.17) is 5.73 Å². The molecule has 0 bridgehead atoms.